The highest BCUT2D eigenvalue weighted by Crippen LogP contribution is 2.22. The normalized spacial score (nSPS) is 11.3. The van der Waals surface area contributed by atoms with E-state index in [4.69, 9.17) is 21.0 Å². The molecule has 0 saturated heterocycles. The Balaban J connectivity index is 2.15. The predicted octanol–water partition coefficient (Wildman–Crippen LogP) is 3.77. The zero-order valence-corrected chi connectivity index (χ0v) is 11.5. The number of aromatic nitrogens is 2. The first-order chi connectivity index (χ1) is 9.29. The second-order valence-electron chi connectivity index (χ2n) is 4.63. The van der Waals surface area contributed by atoms with E-state index in [1.807, 2.05) is 18.2 Å². The van der Waals surface area contributed by atoms with E-state index in [0.717, 1.165) is 29.9 Å². The maximum atomic E-state index is 5.89. The Labute approximate surface area is 116 Å². The molecule has 1 aromatic carbocycles. The Bertz CT molecular complexity index is 686. The van der Waals surface area contributed by atoms with E-state index in [-0.39, 0.29) is 0 Å². The van der Waals surface area contributed by atoms with E-state index in [0.29, 0.717) is 5.88 Å². The molecule has 2 heterocycles. The van der Waals surface area contributed by atoms with Crippen LogP contribution in [0.25, 0.3) is 11.0 Å². The summed E-state index contributed by atoms with van der Waals surface area (Å²) in [4.78, 5) is 4.69. The van der Waals surface area contributed by atoms with Gasteiger partial charge < -0.3 is 8.98 Å². The molecule has 0 bridgehead atoms. The minimum atomic E-state index is 0.577. The summed E-state index contributed by atoms with van der Waals surface area (Å²) in [6, 6.07) is 8.18. The fraction of sp³-hybridized carbons (Fsp3) is 0.267. The number of halogens is 1. The minimum Gasteiger partial charge on any atom is -0.472 e. The van der Waals surface area contributed by atoms with Crippen LogP contribution in [-0.2, 0) is 13.0 Å². The first kappa shape index (κ1) is 12.3. The highest BCUT2D eigenvalue weighted by molar-refractivity contribution is 6.17. The third kappa shape index (κ3) is 2.26. The molecule has 98 valence electrons. The quantitative estimate of drug-likeness (QED) is 0.678. The molecule has 0 saturated carbocycles. The van der Waals surface area contributed by atoms with Gasteiger partial charge in [-0.05, 0) is 24.6 Å². The van der Waals surface area contributed by atoms with Gasteiger partial charge in [0.1, 0.15) is 5.82 Å². The van der Waals surface area contributed by atoms with Gasteiger partial charge in [-0.15, -0.1) is 11.6 Å². The highest BCUT2D eigenvalue weighted by atomic mass is 35.5. The summed E-state index contributed by atoms with van der Waals surface area (Å²) in [5.41, 5.74) is 4.58. The molecule has 0 aliphatic heterocycles. The summed E-state index contributed by atoms with van der Waals surface area (Å²) in [5, 5.41) is 0. The third-order valence-electron chi connectivity index (χ3n) is 3.29. The van der Waals surface area contributed by atoms with Crippen molar-refractivity contribution in [3.05, 3.63) is 53.7 Å². The summed E-state index contributed by atoms with van der Waals surface area (Å²) in [6.07, 6.45) is 4.24. The standard InChI is InChI=1S/C15H15ClN2O/c1-11-3-2-4-13-15(11)18(14(17-13)5-7-16)9-12-6-8-19-10-12/h2-4,6,8,10H,5,7,9H2,1H3. The SMILES string of the molecule is Cc1cccc2nc(CCCl)n(Cc3ccoc3)c12. The van der Waals surface area contributed by atoms with E-state index >= 15 is 0 Å². The third-order valence-corrected chi connectivity index (χ3v) is 3.48. The molecule has 0 spiro atoms. The number of fused-ring (bicyclic) bond motifs is 1. The molecule has 0 amide bonds. The van der Waals surface area contributed by atoms with Crippen molar-refractivity contribution >= 4 is 22.6 Å². The van der Waals surface area contributed by atoms with Crippen molar-refractivity contribution in [1.82, 2.24) is 9.55 Å². The van der Waals surface area contributed by atoms with Crippen molar-refractivity contribution in [1.29, 1.82) is 0 Å². The Morgan fingerprint density at radius 3 is 2.95 bits per heavy atom. The molecule has 2 aromatic heterocycles. The van der Waals surface area contributed by atoms with Crippen molar-refractivity contribution < 1.29 is 4.42 Å². The monoisotopic (exact) mass is 274 g/mol. The lowest BCUT2D eigenvalue weighted by Gasteiger charge is -2.08. The van der Waals surface area contributed by atoms with Crippen LogP contribution in [0.3, 0.4) is 0 Å². The van der Waals surface area contributed by atoms with Crippen LogP contribution in [0.2, 0.25) is 0 Å². The van der Waals surface area contributed by atoms with Gasteiger partial charge in [0.25, 0.3) is 0 Å². The highest BCUT2D eigenvalue weighted by Gasteiger charge is 2.12. The molecule has 0 aliphatic carbocycles. The van der Waals surface area contributed by atoms with Crippen LogP contribution in [0.5, 0.6) is 0 Å². The van der Waals surface area contributed by atoms with Crippen LogP contribution in [0.1, 0.15) is 17.0 Å². The summed E-state index contributed by atoms with van der Waals surface area (Å²) in [7, 11) is 0. The first-order valence-corrected chi connectivity index (χ1v) is 6.85. The van der Waals surface area contributed by atoms with Gasteiger partial charge in [-0.25, -0.2) is 4.98 Å². The number of imidazole rings is 1. The van der Waals surface area contributed by atoms with Crippen LogP contribution < -0.4 is 0 Å². The first-order valence-electron chi connectivity index (χ1n) is 6.31. The molecule has 3 rings (SSSR count). The molecule has 0 radical (unpaired) electrons. The average Bonchev–Trinajstić information content (AvgIpc) is 3.00. The summed E-state index contributed by atoms with van der Waals surface area (Å²) >= 11 is 5.89. The van der Waals surface area contributed by atoms with E-state index in [1.54, 1.807) is 12.5 Å². The number of nitrogens with zero attached hydrogens (tertiary/aromatic N) is 2. The van der Waals surface area contributed by atoms with Gasteiger partial charge >= 0.3 is 0 Å². The number of rotatable bonds is 4. The van der Waals surface area contributed by atoms with Gasteiger partial charge in [-0.3, -0.25) is 0 Å². The number of hydrogen-bond donors (Lipinski definition) is 0. The molecule has 0 aliphatic rings. The fourth-order valence-electron chi connectivity index (χ4n) is 2.42. The molecule has 0 N–H and O–H groups in total. The number of alkyl halides is 1. The van der Waals surface area contributed by atoms with Gasteiger partial charge in [-0.2, -0.15) is 0 Å². The molecule has 19 heavy (non-hydrogen) atoms. The molecule has 4 heteroatoms. The lowest BCUT2D eigenvalue weighted by atomic mass is 10.2. The summed E-state index contributed by atoms with van der Waals surface area (Å²) < 4.78 is 7.38. The predicted molar refractivity (Wildman–Crippen MR) is 76.7 cm³/mol. The Hall–Kier alpha value is -1.74. The van der Waals surface area contributed by atoms with E-state index in [9.17, 15) is 0 Å². The molecule has 0 unspecified atom stereocenters. The molecular formula is C15H15ClN2O. The number of para-hydroxylation sites is 1. The van der Waals surface area contributed by atoms with Crippen LogP contribution in [0.15, 0.2) is 41.2 Å². The lowest BCUT2D eigenvalue weighted by molar-refractivity contribution is 0.562. The van der Waals surface area contributed by atoms with Gasteiger partial charge in [0.2, 0.25) is 0 Å². The van der Waals surface area contributed by atoms with Crippen LogP contribution in [0.4, 0.5) is 0 Å². The van der Waals surface area contributed by atoms with E-state index in [2.05, 4.69) is 17.6 Å². The van der Waals surface area contributed by atoms with Crippen molar-refractivity contribution in [2.24, 2.45) is 0 Å². The maximum Gasteiger partial charge on any atom is 0.111 e. The van der Waals surface area contributed by atoms with E-state index in [1.165, 1.54) is 11.1 Å². The van der Waals surface area contributed by atoms with Crippen molar-refractivity contribution in [3.63, 3.8) is 0 Å². The molecule has 3 nitrogen and oxygen atoms in total. The largest absolute Gasteiger partial charge is 0.472 e. The molecular weight excluding hydrogens is 260 g/mol. The number of aryl methyl sites for hydroxylation is 2. The minimum absolute atomic E-state index is 0.577. The van der Waals surface area contributed by atoms with Gasteiger partial charge in [-0.1, -0.05) is 12.1 Å². The van der Waals surface area contributed by atoms with Gasteiger partial charge in [0.05, 0.1) is 30.1 Å². The lowest BCUT2D eigenvalue weighted by Crippen LogP contribution is -2.06. The Morgan fingerprint density at radius 2 is 2.21 bits per heavy atom. The topological polar surface area (TPSA) is 31.0 Å². The number of benzene rings is 1. The smallest absolute Gasteiger partial charge is 0.111 e. The molecule has 0 fully saturated rings. The fourth-order valence-corrected chi connectivity index (χ4v) is 2.59. The van der Waals surface area contributed by atoms with Crippen molar-refractivity contribution in [3.8, 4) is 0 Å². The summed E-state index contributed by atoms with van der Waals surface area (Å²) in [6.45, 7) is 2.88. The van der Waals surface area contributed by atoms with Crippen LogP contribution in [-0.4, -0.2) is 15.4 Å². The zero-order chi connectivity index (χ0) is 13.2. The van der Waals surface area contributed by atoms with Crippen LogP contribution in [0, 0.1) is 6.92 Å². The summed E-state index contributed by atoms with van der Waals surface area (Å²) in [5.74, 6) is 1.61. The average molecular weight is 275 g/mol. The number of furan rings is 1. The maximum absolute atomic E-state index is 5.89. The van der Waals surface area contributed by atoms with Crippen molar-refractivity contribution in [2.75, 3.05) is 5.88 Å². The zero-order valence-electron chi connectivity index (χ0n) is 10.8. The van der Waals surface area contributed by atoms with Gasteiger partial charge in [0.15, 0.2) is 0 Å². The number of hydrogen-bond acceptors (Lipinski definition) is 2. The van der Waals surface area contributed by atoms with Crippen molar-refractivity contribution in [2.45, 2.75) is 19.9 Å². The van der Waals surface area contributed by atoms with E-state index < -0.39 is 0 Å². The Kier molecular flexibility index (Phi) is 3.30. The second-order valence-corrected chi connectivity index (χ2v) is 5.01. The Morgan fingerprint density at radius 1 is 1.32 bits per heavy atom. The van der Waals surface area contributed by atoms with Gasteiger partial charge in [0, 0.05) is 17.9 Å². The molecule has 3 aromatic rings. The van der Waals surface area contributed by atoms with Crippen LogP contribution >= 0.6 is 11.6 Å². The second kappa shape index (κ2) is 5.10. The molecule has 0 atom stereocenters.